The van der Waals surface area contributed by atoms with Crippen molar-refractivity contribution in [2.24, 2.45) is 7.05 Å². The second kappa shape index (κ2) is 15.8. The van der Waals surface area contributed by atoms with E-state index in [-0.39, 0.29) is 29.8 Å². The number of benzene rings is 1. The van der Waals surface area contributed by atoms with Crippen molar-refractivity contribution in [2.45, 2.75) is 50.9 Å². The van der Waals surface area contributed by atoms with Crippen LogP contribution in [0.25, 0.3) is 11.3 Å². The molecule has 0 atom stereocenters. The monoisotopic (exact) mass is 712 g/mol. The minimum Gasteiger partial charge on any atom is -0.483 e. The van der Waals surface area contributed by atoms with E-state index in [9.17, 15) is 41.4 Å². The fourth-order valence-corrected chi connectivity index (χ4v) is 5.92. The molecular weight excluding hydrogens is 675 g/mol. The zero-order chi connectivity index (χ0) is 36.8. The number of imidazole rings is 1. The number of piperazine rings is 1. The van der Waals surface area contributed by atoms with E-state index in [1.165, 1.54) is 13.1 Å². The van der Waals surface area contributed by atoms with E-state index < -0.39 is 41.9 Å². The molecule has 3 amide bonds. The van der Waals surface area contributed by atoms with Crippen molar-refractivity contribution in [1.82, 2.24) is 34.4 Å². The van der Waals surface area contributed by atoms with Gasteiger partial charge in [0.15, 0.2) is 11.5 Å². The van der Waals surface area contributed by atoms with Crippen LogP contribution in [0.4, 0.5) is 27.6 Å². The Kier molecular flexibility index (Phi) is 11.9. The molecule has 19 heteroatoms. The second-order valence-electron chi connectivity index (χ2n) is 11.7. The lowest BCUT2D eigenvalue weighted by Crippen LogP contribution is -2.59. The number of carbonyl (C=O) groups excluding carboxylic acids is 3. The SMILES string of the molecule is CCc1cc(NC(=O)c2ncc(-c3cn(CC(F)F)nc3C(F)(F)F)n2C)ccc1C(=O)N1CCN(C(=O)C2(O)CCNCC2)CC1.O=CO. The first-order valence-corrected chi connectivity index (χ1v) is 15.6. The van der Waals surface area contributed by atoms with Crippen LogP contribution in [0.2, 0.25) is 0 Å². The van der Waals surface area contributed by atoms with E-state index in [0.29, 0.717) is 80.0 Å². The maximum Gasteiger partial charge on any atom is 0.435 e. The lowest BCUT2D eigenvalue weighted by Gasteiger charge is -2.40. The van der Waals surface area contributed by atoms with Crippen LogP contribution in [-0.4, -0.2) is 115 Å². The molecule has 14 nitrogen and oxygen atoms in total. The van der Waals surface area contributed by atoms with Gasteiger partial charge in [0.1, 0.15) is 12.1 Å². The summed E-state index contributed by atoms with van der Waals surface area (Å²) in [6.45, 7) is 2.83. The Morgan fingerprint density at radius 1 is 1.10 bits per heavy atom. The van der Waals surface area contributed by atoms with Crippen LogP contribution in [0.3, 0.4) is 0 Å². The van der Waals surface area contributed by atoms with Crippen LogP contribution in [0.5, 0.6) is 0 Å². The number of anilines is 1. The zero-order valence-corrected chi connectivity index (χ0v) is 27.2. The minimum absolute atomic E-state index is 0.148. The summed E-state index contributed by atoms with van der Waals surface area (Å²) in [5.41, 5.74) is -2.05. The van der Waals surface area contributed by atoms with E-state index in [4.69, 9.17) is 9.90 Å². The van der Waals surface area contributed by atoms with Gasteiger partial charge in [-0.05, 0) is 56.1 Å². The number of amides is 3. The molecule has 50 heavy (non-hydrogen) atoms. The first-order valence-electron chi connectivity index (χ1n) is 15.6. The van der Waals surface area contributed by atoms with Gasteiger partial charge in [0.2, 0.25) is 0 Å². The van der Waals surface area contributed by atoms with E-state index in [0.717, 1.165) is 17.0 Å². The molecule has 2 aliphatic rings. The third-order valence-corrected chi connectivity index (χ3v) is 8.48. The number of carbonyl (C=O) groups is 4. The Bertz CT molecular complexity index is 1690. The molecule has 2 aliphatic heterocycles. The van der Waals surface area contributed by atoms with Crippen molar-refractivity contribution in [3.8, 4) is 11.3 Å². The Labute approximate surface area is 282 Å². The van der Waals surface area contributed by atoms with Gasteiger partial charge >= 0.3 is 6.18 Å². The zero-order valence-electron chi connectivity index (χ0n) is 27.2. The number of rotatable bonds is 8. The molecule has 272 valence electrons. The highest BCUT2D eigenvalue weighted by atomic mass is 19.4. The van der Waals surface area contributed by atoms with Crippen molar-refractivity contribution in [1.29, 1.82) is 0 Å². The van der Waals surface area contributed by atoms with Crippen molar-refractivity contribution in [3.05, 3.63) is 53.2 Å². The predicted molar refractivity (Wildman–Crippen MR) is 167 cm³/mol. The Morgan fingerprint density at radius 2 is 1.72 bits per heavy atom. The van der Waals surface area contributed by atoms with Crippen LogP contribution in [0.1, 0.15) is 52.0 Å². The molecule has 4 N–H and O–H groups in total. The third-order valence-electron chi connectivity index (χ3n) is 8.48. The van der Waals surface area contributed by atoms with Gasteiger partial charge in [-0.2, -0.15) is 18.3 Å². The third kappa shape index (κ3) is 8.44. The van der Waals surface area contributed by atoms with E-state index in [1.807, 2.05) is 6.92 Å². The summed E-state index contributed by atoms with van der Waals surface area (Å²) < 4.78 is 68.2. The number of aromatic nitrogens is 4. The van der Waals surface area contributed by atoms with E-state index >= 15 is 0 Å². The quantitative estimate of drug-likeness (QED) is 0.202. The van der Waals surface area contributed by atoms with Gasteiger partial charge in [-0.25, -0.2) is 13.8 Å². The number of alkyl halides is 5. The fraction of sp³-hybridized carbons (Fsp3) is 0.484. The number of halogens is 5. The predicted octanol–water partition coefficient (Wildman–Crippen LogP) is 2.48. The normalized spacial score (nSPS) is 16.1. The van der Waals surface area contributed by atoms with Crippen LogP contribution in [0.15, 0.2) is 30.6 Å². The molecular formula is C31H37F5N8O6. The number of nitrogens with one attached hydrogen (secondary N) is 2. The van der Waals surface area contributed by atoms with Crippen LogP contribution >= 0.6 is 0 Å². The van der Waals surface area contributed by atoms with E-state index in [1.54, 1.807) is 21.9 Å². The second-order valence-corrected chi connectivity index (χ2v) is 11.7. The molecule has 1 aromatic carbocycles. The molecule has 2 aromatic heterocycles. The van der Waals surface area contributed by atoms with Crippen molar-refractivity contribution in [3.63, 3.8) is 0 Å². The maximum atomic E-state index is 13.7. The van der Waals surface area contributed by atoms with Gasteiger partial charge in [-0.1, -0.05) is 6.92 Å². The lowest BCUT2D eigenvalue weighted by molar-refractivity contribution is -0.155. The van der Waals surface area contributed by atoms with Crippen molar-refractivity contribution < 1.29 is 51.3 Å². The van der Waals surface area contributed by atoms with Gasteiger partial charge in [0.25, 0.3) is 30.6 Å². The molecule has 2 fully saturated rings. The highest BCUT2D eigenvalue weighted by molar-refractivity contribution is 6.03. The Balaban J connectivity index is 0.00000181. The Morgan fingerprint density at radius 3 is 2.30 bits per heavy atom. The molecule has 0 aliphatic carbocycles. The van der Waals surface area contributed by atoms with Gasteiger partial charge in [-0.3, -0.25) is 23.9 Å². The number of carboxylic acid groups (broad SMARTS) is 1. The summed E-state index contributed by atoms with van der Waals surface area (Å²) in [6, 6.07) is 4.72. The standard InChI is InChI=1S/C30H35F5N8O4.CH2O2/c1-3-18-14-19(4-5-20(18)27(45)41-10-12-42(13-11-41)28(46)29(47)6-8-36-9-7-29)38-26(44)25-37-15-22(40(25)2)21-16-43(17-23(31)32)39-24(21)30(33,34)35;2-1-3/h4-5,14-16,23,36,47H,3,6-13,17H2,1-2H3,(H,38,44);1H,(H,2,3). The molecule has 0 spiro atoms. The van der Waals surface area contributed by atoms with Gasteiger partial charge in [-0.15, -0.1) is 0 Å². The van der Waals surface area contributed by atoms with Crippen LogP contribution in [0, 0.1) is 0 Å². The van der Waals surface area contributed by atoms with E-state index in [2.05, 4.69) is 20.7 Å². The number of nitrogens with zero attached hydrogens (tertiary/aromatic N) is 6. The molecule has 5 rings (SSSR count). The lowest BCUT2D eigenvalue weighted by atomic mass is 9.90. The summed E-state index contributed by atoms with van der Waals surface area (Å²) in [5.74, 6) is -1.55. The Hall–Kier alpha value is -4.91. The van der Waals surface area contributed by atoms with Crippen LogP contribution in [-0.2, 0) is 35.8 Å². The molecule has 0 unspecified atom stereocenters. The first kappa shape index (κ1) is 37.9. The summed E-state index contributed by atoms with van der Waals surface area (Å²) >= 11 is 0. The topological polar surface area (TPSA) is 175 Å². The smallest absolute Gasteiger partial charge is 0.435 e. The minimum atomic E-state index is -4.94. The fourth-order valence-electron chi connectivity index (χ4n) is 5.92. The van der Waals surface area contributed by atoms with Crippen molar-refractivity contribution >= 4 is 29.9 Å². The molecule has 0 bridgehead atoms. The van der Waals surface area contributed by atoms with Gasteiger partial charge < -0.3 is 35.2 Å². The number of hydrogen-bond acceptors (Lipinski definition) is 8. The molecule has 3 aromatic rings. The number of aliphatic hydroxyl groups is 1. The summed E-state index contributed by atoms with van der Waals surface area (Å²) in [5, 5.41) is 26.7. The molecule has 2 saturated heterocycles. The average molecular weight is 713 g/mol. The van der Waals surface area contributed by atoms with Gasteiger partial charge in [0, 0.05) is 50.7 Å². The molecule has 0 radical (unpaired) electrons. The first-order chi connectivity index (χ1) is 23.6. The highest BCUT2D eigenvalue weighted by Crippen LogP contribution is 2.36. The summed E-state index contributed by atoms with van der Waals surface area (Å²) in [4.78, 5) is 55.1. The van der Waals surface area contributed by atoms with Crippen LogP contribution < -0.4 is 10.6 Å². The van der Waals surface area contributed by atoms with Crippen molar-refractivity contribution in [2.75, 3.05) is 44.6 Å². The molecule has 0 saturated carbocycles. The summed E-state index contributed by atoms with van der Waals surface area (Å²) in [7, 11) is 1.32. The summed E-state index contributed by atoms with van der Waals surface area (Å²) in [6.07, 6.45) is -4.87. The maximum absolute atomic E-state index is 13.7. The largest absolute Gasteiger partial charge is 0.483 e. The number of hydrogen-bond donors (Lipinski definition) is 4. The highest BCUT2D eigenvalue weighted by Gasteiger charge is 2.41. The molecule has 4 heterocycles. The average Bonchev–Trinajstić information content (AvgIpc) is 3.67. The number of piperidine rings is 1. The van der Waals surface area contributed by atoms with Gasteiger partial charge in [0.05, 0.1) is 17.5 Å². The number of aryl methyl sites for hydroxylation is 1.